The van der Waals surface area contributed by atoms with Gasteiger partial charge in [0.2, 0.25) is 0 Å². The van der Waals surface area contributed by atoms with Crippen molar-refractivity contribution in [2.24, 2.45) is 5.73 Å². The summed E-state index contributed by atoms with van der Waals surface area (Å²) in [4.78, 5) is 14.3. The first-order valence-electron chi connectivity index (χ1n) is 8.85. The topological polar surface area (TPSA) is 120 Å². The van der Waals surface area contributed by atoms with Crippen LogP contribution in [0.15, 0.2) is 30.3 Å². The molecule has 1 aromatic carbocycles. The molecule has 0 aliphatic heterocycles. The first-order valence-corrected chi connectivity index (χ1v) is 8.85. The van der Waals surface area contributed by atoms with E-state index < -0.39 is 0 Å². The predicted octanol–water partition coefficient (Wildman–Crippen LogP) is 2.21. The molecule has 8 nitrogen and oxygen atoms in total. The van der Waals surface area contributed by atoms with Gasteiger partial charge in [0.05, 0.1) is 11.3 Å². The zero-order chi connectivity index (χ0) is 19.6. The Morgan fingerprint density at radius 2 is 2.00 bits per heavy atom. The van der Waals surface area contributed by atoms with Crippen molar-refractivity contribution in [2.45, 2.75) is 19.3 Å². The summed E-state index contributed by atoms with van der Waals surface area (Å²) >= 11 is 0. The first-order chi connectivity index (χ1) is 13.0. The third-order valence-corrected chi connectivity index (χ3v) is 3.95. The Bertz CT molecular complexity index is 797. The van der Waals surface area contributed by atoms with Crippen LogP contribution in [0, 0.1) is 11.3 Å². The smallest absolute Gasteiger partial charge is 0.256 e. The van der Waals surface area contributed by atoms with E-state index in [9.17, 15) is 10.1 Å². The molecule has 0 aliphatic rings. The van der Waals surface area contributed by atoms with Gasteiger partial charge < -0.3 is 21.3 Å². The summed E-state index contributed by atoms with van der Waals surface area (Å²) in [7, 11) is 3.73. The monoisotopic (exact) mass is 367 g/mol. The Labute approximate surface area is 159 Å². The highest BCUT2D eigenvalue weighted by molar-refractivity contribution is 6.04. The molecule has 0 unspecified atom stereocenters. The SMILES string of the molecule is CN(C)c1ccc(NC(=O)c2ccc(C#N)c(NCCCCCN)c2)nn1. The van der Waals surface area contributed by atoms with Crippen LogP contribution in [0.1, 0.15) is 35.2 Å². The van der Waals surface area contributed by atoms with Crippen molar-refractivity contribution in [1.82, 2.24) is 10.2 Å². The largest absolute Gasteiger partial charge is 0.384 e. The predicted molar refractivity (Wildman–Crippen MR) is 107 cm³/mol. The molecule has 0 fully saturated rings. The minimum absolute atomic E-state index is 0.308. The van der Waals surface area contributed by atoms with Gasteiger partial charge in [-0.3, -0.25) is 4.79 Å². The van der Waals surface area contributed by atoms with Crippen LogP contribution in [0.5, 0.6) is 0 Å². The molecule has 0 spiro atoms. The van der Waals surface area contributed by atoms with Crippen LogP contribution < -0.4 is 21.3 Å². The van der Waals surface area contributed by atoms with Crippen molar-refractivity contribution >= 4 is 23.2 Å². The number of hydrogen-bond donors (Lipinski definition) is 3. The lowest BCUT2D eigenvalue weighted by molar-refractivity contribution is 0.102. The molecular weight excluding hydrogens is 342 g/mol. The van der Waals surface area contributed by atoms with Gasteiger partial charge >= 0.3 is 0 Å². The fraction of sp³-hybridized carbons (Fsp3) is 0.368. The van der Waals surface area contributed by atoms with Crippen molar-refractivity contribution in [3.63, 3.8) is 0 Å². The van der Waals surface area contributed by atoms with E-state index in [-0.39, 0.29) is 5.91 Å². The number of carbonyl (C=O) groups excluding carboxylic acids is 1. The highest BCUT2D eigenvalue weighted by Gasteiger charge is 2.11. The third kappa shape index (κ3) is 5.94. The first kappa shape index (κ1) is 20.1. The molecule has 1 heterocycles. The van der Waals surface area contributed by atoms with Crippen molar-refractivity contribution in [3.05, 3.63) is 41.5 Å². The molecule has 4 N–H and O–H groups in total. The molecular formula is C19H25N7O. The number of rotatable bonds is 9. The Morgan fingerprint density at radius 1 is 1.19 bits per heavy atom. The average Bonchev–Trinajstić information content (AvgIpc) is 2.68. The van der Waals surface area contributed by atoms with Crippen molar-refractivity contribution < 1.29 is 4.79 Å². The molecule has 2 rings (SSSR count). The average molecular weight is 367 g/mol. The molecule has 2 aromatic rings. The second kappa shape index (κ2) is 10.1. The van der Waals surface area contributed by atoms with Crippen molar-refractivity contribution in [3.8, 4) is 6.07 Å². The Morgan fingerprint density at radius 3 is 2.63 bits per heavy atom. The fourth-order valence-corrected chi connectivity index (χ4v) is 2.42. The van der Waals surface area contributed by atoms with Gasteiger partial charge in [0.1, 0.15) is 6.07 Å². The number of unbranched alkanes of at least 4 members (excludes halogenated alkanes) is 2. The number of aromatic nitrogens is 2. The maximum atomic E-state index is 12.5. The number of anilines is 3. The van der Waals surface area contributed by atoms with E-state index in [1.807, 2.05) is 19.0 Å². The van der Waals surface area contributed by atoms with Gasteiger partial charge in [0.25, 0.3) is 5.91 Å². The number of carbonyl (C=O) groups is 1. The lowest BCUT2D eigenvalue weighted by Gasteiger charge is -2.12. The van der Waals surface area contributed by atoms with Crippen LogP contribution in [0.25, 0.3) is 0 Å². The number of nitrogens with one attached hydrogen (secondary N) is 2. The summed E-state index contributed by atoms with van der Waals surface area (Å²) in [5, 5.41) is 23.2. The molecule has 0 bridgehead atoms. The summed E-state index contributed by atoms with van der Waals surface area (Å²) in [6.07, 6.45) is 2.95. The molecule has 0 aliphatic carbocycles. The molecule has 0 atom stereocenters. The number of hydrogen-bond acceptors (Lipinski definition) is 7. The van der Waals surface area contributed by atoms with Gasteiger partial charge in [-0.1, -0.05) is 6.42 Å². The zero-order valence-electron chi connectivity index (χ0n) is 15.7. The highest BCUT2D eigenvalue weighted by atomic mass is 16.1. The summed E-state index contributed by atoms with van der Waals surface area (Å²) in [6, 6.07) is 10.5. The van der Waals surface area contributed by atoms with Gasteiger partial charge in [-0.15, -0.1) is 10.2 Å². The molecule has 0 saturated carbocycles. The molecule has 8 heteroatoms. The van der Waals surface area contributed by atoms with Gasteiger partial charge in [0, 0.05) is 26.2 Å². The summed E-state index contributed by atoms with van der Waals surface area (Å²) in [6.45, 7) is 1.40. The van der Waals surface area contributed by atoms with Crippen molar-refractivity contribution in [1.29, 1.82) is 5.26 Å². The van der Waals surface area contributed by atoms with Crippen LogP contribution in [-0.4, -0.2) is 43.3 Å². The number of amides is 1. The van der Waals surface area contributed by atoms with Gasteiger partial charge in [-0.25, -0.2) is 0 Å². The number of nitrogens with two attached hydrogens (primary N) is 1. The fourth-order valence-electron chi connectivity index (χ4n) is 2.42. The van der Waals surface area contributed by atoms with E-state index in [1.54, 1.807) is 30.3 Å². The highest BCUT2D eigenvalue weighted by Crippen LogP contribution is 2.18. The van der Waals surface area contributed by atoms with E-state index >= 15 is 0 Å². The van der Waals surface area contributed by atoms with E-state index in [0.29, 0.717) is 35.0 Å². The second-order valence-corrected chi connectivity index (χ2v) is 6.27. The van der Waals surface area contributed by atoms with Crippen LogP contribution in [0.2, 0.25) is 0 Å². The second-order valence-electron chi connectivity index (χ2n) is 6.27. The lowest BCUT2D eigenvalue weighted by atomic mass is 10.1. The van der Waals surface area contributed by atoms with E-state index in [2.05, 4.69) is 26.9 Å². The summed E-state index contributed by atoms with van der Waals surface area (Å²) in [5.74, 6) is 0.760. The lowest BCUT2D eigenvalue weighted by Crippen LogP contribution is -2.16. The van der Waals surface area contributed by atoms with Crippen LogP contribution >= 0.6 is 0 Å². The van der Waals surface area contributed by atoms with Gasteiger partial charge in [-0.05, 0) is 49.7 Å². The molecule has 0 radical (unpaired) electrons. The van der Waals surface area contributed by atoms with Gasteiger partial charge in [-0.2, -0.15) is 5.26 Å². The normalized spacial score (nSPS) is 10.1. The molecule has 142 valence electrons. The maximum Gasteiger partial charge on any atom is 0.256 e. The third-order valence-electron chi connectivity index (χ3n) is 3.95. The maximum absolute atomic E-state index is 12.5. The van der Waals surface area contributed by atoms with E-state index in [4.69, 9.17) is 5.73 Å². The summed E-state index contributed by atoms with van der Waals surface area (Å²) in [5.41, 5.74) is 7.07. The van der Waals surface area contributed by atoms with E-state index in [1.165, 1.54) is 0 Å². The van der Waals surface area contributed by atoms with E-state index in [0.717, 1.165) is 25.8 Å². The summed E-state index contributed by atoms with van der Waals surface area (Å²) < 4.78 is 0. The quantitative estimate of drug-likeness (QED) is 0.581. The Balaban J connectivity index is 2.04. The minimum Gasteiger partial charge on any atom is -0.384 e. The van der Waals surface area contributed by atoms with Crippen LogP contribution in [0.4, 0.5) is 17.3 Å². The van der Waals surface area contributed by atoms with Gasteiger partial charge in [0.15, 0.2) is 11.6 Å². The standard InChI is InChI=1S/C19H25N7O/c1-26(2)18-9-8-17(24-25-18)23-19(27)14-6-7-15(13-21)16(12-14)22-11-5-3-4-10-20/h6-9,12,22H,3-5,10-11,20H2,1-2H3,(H,23,24,27). The molecule has 1 amide bonds. The van der Waals surface area contributed by atoms with Crippen molar-refractivity contribution in [2.75, 3.05) is 42.7 Å². The number of nitriles is 1. The Hall–Kier alpha value is -3.18. The van der Waals surface area contributed by atoms with Crippen LogP contribution in [0.3, 0.4) is 0 Å². The molecule has 27 heavy (non-hydrogen) atoms. The Kier molecular flexibility index (Phi) is 7.52. The number of nitrogens with zero attached hydrogens (tertiary/aromatic N) is 4. The minimum atomic E-state index is -0.308. The number of benzene rings is 1. The zero-order valence-corrected chi connectivity index (χ0v) is 15.7. The van der Waals surface area contributed by atoms with Crippen LogP contribution in [-0.2, 0) is 0 Å². The molecule has 0 saturated heterocycles. The molecule has 1 aromatic heterocycles.